The lowest BCUT2D eigenvalue weighted by Gasteiger charge is -2.38. The van der Waals surface area contributed by atoms with E-state index in [4.69, 9.17) is 14.5 Å². The number of rotatable bonds is 4. The van der Waals surface area contributed by atoms with Crippen LogP contribution in [0.1, 0.15) is 43.7 Å². The molecule has 0 radical (unpaired) electrons. The van der Waals surface area contributed by atoms with Crippen molar-refractivity contribution in [3.63, 3.8) is 0 Å². The maximum Gasteiger partial charge on any atom is 0.193 e. The summed E-state index contributed by atoms with van der Waals surface area (Å²) in [6.45, 7) is 6.41. The van der Waals surface area contributed by atoms with Crippen molar-refractivity contribution >= 4 is 29.9 Å². The lowest BCUT2D eigenvalue weighted by molar-refractivity contribution is -0.0172. The van der Waals surface area contributed by atoms with Gasteiger partial charge in [0.05, 0.1) is 6.61 Å². The van der Waals surface area contributed by atoms with E-state index in [2.05, 4.69) is 17.1 Å². The van der Waals surface area contributed by atoms with E-state index < -0.39 is 0 Å². The van der Waals surface area contributed by atoms with Crippen LogP contribution in [0.5, 0.6) is 5.75 Å². The fourth-order valence-corrected chi connectivity index (χ4v) is 4.35. The molecule has 150 valence electrons. The van der Waals surface area contributed by atoms with Crippen molar-refractivity contribution in [1.29, 1.82) is 0 Å². The maximum atomic E-state index is 13.9. The number of nitrogens with one attached hydrogen (secondary N) is 1. The Morgan fingerprint density at radius 3 is 2.89 bits per heavy atom. The van der Waals surface area contributed by atoms with Crippen molar-refractivity contribution < 1.29 is 13.9 Å². The predicted octanol–water partition coefficient (Wildman–Crippen LogP) is 3.69. The first-order valence-electron chi connectivity index (χ1n) is 9.74. The first-order valence-corrected chi connectivity index (χ1v) is 9.74. The Labute approximate surface area is 177 Å². The minimum atomic E-state index is -0.241. The number of hydrogen-bond donors (Lipinski definition) is 1. The van der Waals surface area contributed by atoms with Crippen LogP contribution in [0.25, 0.3) is 0 Å². The summed E-state index contributed by atoms with van der Waals surface area (Å²) in [5.74, 6) is 1.52. The van der Waals surface area contributed by atoms with Gasteiger partial charge in [0.25, 0.3) is 0 Å². The fraction of sp³-hybridized carbons (Fsp3) is 0.650. The number of hydrogen-bond acceptors (Lipinski definition) is 3. The second-order valence-corrected chi connectivity index (χ2v) is 7.67. The van der Waals surface area contributed by atoms with Gasteiger partial charge in [-0.25, -0.2) is 4.39 Å². The Kier molecular flexibility index (Phi) is 6.83. The highest BCUT2D eigenvalue weighted by Gasteiger charge is 2.43. The van der Waals surface area contributed by atoms with Gasteiger partial charge in [0.2, 0.25) is 0 Å². The molecule has 4 rings (SSSR count). The first kappa shape index (κ1) is 20.6. The van der Waals surface area contributed by atoms with Gasteiger partial charge < -0.3 is 19.7 Å². The largest absolute Gasteiger partial charge is 0.467 e. The van der Waals surface area contributed by atoms with Crippen LogP contribution in [-0.2, 0) is 17.8 Å². The molecule has 1 aromatic rings. The molecular formula is C20H29FIN3O2. The predicted molar refractivity (Wildman–Crippen MR) is 114 cm³/mol. The zero-order valence-corrected chi connectivity index (χ0v) is 18.3. The maximum absolute atomic E-state index is 13.9. The standard InChI is InChI=1S/C20H28FN3O2.HI/c1-2-22-19(24-9-7-20(13-24)5-3-6-20)23-8-4-15-10-17(21)11-16-12-25-14-26-18(15)16;/h10-11H,2-9,12-14H2,1H3,(H,22,23);1H. The molecule has 3 aliphatic rings. The van der Waals surface area contributed by atoms with Crippen molar-refractivity contribution in [2.24, 2.45) is 10.4 Å². The number of benzene rings is 1. The van der Waals surface area contributed by atoms with E-state index in [-0.39, 0.29) is 36.6 Å². The molecule has 1 spiro atoms. The molecule has 0 aromatic heterocycles. The van der Waals surface area contributed by atoms with E-state index in [0.29, 0.717) is 25.0 Å². The number of halogens is 2. The quantitative estimate of drug-likeness (QED) is 0.398. The molecule has 0 atom stereocenters. The van der Waals surface area contributed by atoms with Crippen LogP contribution in [0, 0.1) is 11.2 Å². The molecule has 2 heterocycles. The lowest BCUT2D eigenvalue weighted by Crippen LogP contribution is -2.42. The average Bonchev–Trinajstić information content (AvgIpc) is 3.07. The van der Waals surface area contributed by atoms with Crippen LogP contribution in [0.15, 0.2) is 17.1 Å². The van der Waals surface area contributed by atoms with Gasteiger partial charge in [-0.05, 0) is 55.7 Å². The summed E-state index contributed by atoms with van der Waals surface area (Å²) in [5.41, 5.74) is 2.21. The number of ether oxygens (including phenoxy) is 2. The Hall–Kier alpha value is -1.09. The molecule has 1 aromatic carbocycles. The molecule has 1 saturated heterocycles. The van der Waals surface area contributed by atoms with E-state index in [1.54, 1.807) is 6.07 Å². The van der Waals surface area contributed by atoms with Crippen molar-refractivity contribution in [3.8, 4) is 5.75 Å². The third-order valence-electron chi connectivity index (χ3n) is 5.88. The van der Waals surface area contributed by atoms with E-state index in [0.717, 1.165) is 42.5 Å². The van der Waals surface area contributed by atoms with Crippen molar-refractivity contribution in [3.05, 3.63) is 29.1 Å². The Morgan fingerprint density at radius 2 is 2.19 bits per heavy atom. The molecule has 5 nitrogen and oxygen atoms in total. The normalized spacial score (nSPS) is 20.5. The Balaban J connectivity index is 0.00000210. The molecule has 1 saturated carbocycles. The van der Waals surface area contributed by atoms with E-state index in [1.807, 2.05) is 0 Å². The van der Waals surface area contributed by atoms with E-state index >= 15 is 0 Å². The van der Waals surface area contributed by atoms with Crippen LogP contribution in [0.2, 0.25) is 0 Å². The van der Waals surface area contributed by atoms with Crippen LogP contribution in [0.3, 0.4) is 0 Å². The smallest absolute Gasteiger partial charge is 0.193 e. The minimum Gasteiger partial charge on any atom is -0.467 e. The Morgan fingerprint density at radius 1 is 1.33 bits per heavy atom. The fourth-order valence-electron chi connectivity index (χ4n) is 4.35. The van der Waals surface area contributed by atoms with Crippen LogP contribution in [-0.4, -0.2) is 43.8 Å². The monoisotopic (exact) mass is 489 g/mol. The van der Waals surface area contributed by atoms with Crippen LogP contribution >= 0.6 is 24.0 Å². The molecule has 7 heteroatoms. The highest BCUT2D eigenvalue weighted by Crippen LogP contribution is 2.47. The van der Waals surface area contributed by atoms with Crippen molar-refractivity contribution in [2.75, 3.05) is 33.0 Å². The van der Waals surface area contributed by atoms with Gasteiger partial charge >= 0.3 is 0 Å². The zero-order valence-electron chi connectivity index (χ0n) is 15.9. The molecule has 0 amide bonds. The highest BCUT2D eigenvalue weighted by molar-refractivity contribution is 14.0. The molecule has 2 aliphatic heterocycles. The number of likely N-dealkylation sites (tertiary alicyclic amines) is 1. The van der Waals surface area contributed by atoms with Gasteiger partial charge in [0, 0.05) is 31.7 Å². The summed E-state index contributed by atoms with van der Waals surface area (Å²) in [4.78, 5) is 7.21. The molecule has 1 aliphatic carbocycles. The van der Waals surface area contributed by atoms with Crippen molar-refractivity contribution in [2.45, 2.75) is 45.6 Å². The average molecular weight is 489 g/mol. The van der Waals surface area contributed by atoms with Gasteiger partial charge in [0.1, 0.15) is 11.6 Å². The highest BCUT2D eigenvalue weighted by atomic mass is 127. The summed E-state index contributed by atoms with van der Waals surface area (Å²) in [5, 5.41) is 3.42. The zero-order chi connectivity index (χ0) is 18.0. The van der Waals surface area contributed by atoms with Crippen molar-refractivity contribution in [1.82, 2.24) is 10.2 Å². The molecule has 0 unspecified atom stereocenters. The molecule has 1 N–H and O–H groups in total. The third-order valence-corrected chi connectivity index (χ3v) is 5.88. The second-order valence-electron chi connectivity index (χ2n) is 7.67. The summed E-state index contributed by atoms with van der Waals surface area (Å²) in [7, 11) is 0. The lowest BCUT2D eigenvalue weighted by atomic mass is 9.68. The van der Waals surface area contributed by atoms with E-state index in [1.165, 1.54) is 31.7 Å². The second kappa shape index (κ2) is 8.94. The number of fused-ring (bicyclic) bond motifs is 1. The van der Waals surface area contributed by atoms with Crippen LogP contribution in [0.4, 0.5) is 4.39 Å². The van der Waals surface area contributed by atoms with Crippen LogP contribution < -0.4 is 10.1 Å². The first-order chi connectivity index (χ1) is 12.7. The molecule has 0 bridgehead atoms. The summed E-state index contributed by atoms with van der Waals surface area (Å²) in [6.07, 6.45) is 6.03. The number of nitrogens with zero attached hydrogens (tertiary/aromatic N) is 2. The van der Waals surface area contributed by atoms with Gasteiger partial charge in [0.15, 0.2) is 12.8 Å². The molecule has 27 heavy (non-hydrogen) atoms. The number of guanidine groups is 1. The SMILES string of the molecule is CCNC(=NCCc1cc(F)cc2c1OCOC2)N1CCC2(CCC2)C1.I. The van der Waals surface area contributed by atoms with Gasteiger partial charge in [-0.1, -0.05) is 6.42 Å². The molecular weight excluding hydrogens is 460 g/mol. The number of aliphatic imine (C=N–C) groups is 1. The van der Waals surface area contributed by atoms with Gasteiger partial charge in [-0.15, -0.1) is 24.0 Å². The van der Waals surface area contributed by atoms with Gasteiger partial charge in [-0.3, -0.25) is 4.99 Å². The van der Waals surface area contributed by atoms with E-state index in [9.17, 15) is 4.39 Å². The minimum absolute atomic E-state index is 0. The van der Waals surface area contributed by atoms with Gasteiger partial charge in [-0.2, -0.15) is 0 Å². The summed E-state index contributed by atoms with van der Waals surface area (Å²) < 4.78 is 24.7. The third kappa shape index (κ3) is 4.50. The topological polar surface area (TPSA) is 46.1 Å². The summed E-state index contributed by atoms with van der Waals surface area (Å²) in [6, 6.07) is 3.05. The molecule has 2 fully saturated rings. The summed E-state index contributed by atoms with van der Waals surface area (Å²) >= 11 is 0. The Bertz CT molecular complexity index is 694.